The van der Waals surface area contributed by atoms with Gasteiger partial charge in [0.25, 0.3) is 0 Å². The first-order chi connectivity index (χ1) is 12.2. The van der Waals surface area contributed by atoms with Crippen molar-refractivity contribution in [3.05, 3.63) is 29.5 Å². The van der Waals surface area contributed by atoms with E-state index in [0.717, 1.165) is 49.7 Å². The molecule has 1 aromatic rings. The maximum Gasteiger partial charge on any atom is 0.328 e. The summed E-state index contributed by atoms with van der Waals surface area (Å²) in [7, 11) is 0. The van der Waals surface area contributed by atoms with Gasteiger partial charge in [-0.15, -0.1) is 0 Å². The lowest BCUT2D eigenvalue weighted by Crippen LogP contribution is -2.38. The average Bonchev–Trinajstić information content (AvgIpc) is 3.35. The molecule has 0 unspecified atom stereocenters. The number of carboxylic acid groups (broad SMARTS) is 1. The van der Waals surface area contributed by atoms with Crippen LogP contribution in [0.1, 0.15) is 55.6 Å². The molecule has 0 atom stereocenters. The van der Waals surface area contributed by atoms with E-state index in [0.29, 0.717) is 25.0 Å². The number of nitrogens with zero attached hydrogens (tertiary/aromatic N) is 1. The summed E-state index contributed by atoms with van der Waals surface area (Å²) >= 11 is 0. The molecule has 4 rings (SSSR count). The molecule has 2 heterocycles. The summed E-state index contributed by atoms with van der Waals surface area (Å²) in [5.41, 5.74) is 1.94. The van der Waals surface area contributed by atoms with Gasteiger partial charge in [-0.25, -0.2) is 9.78 Å². The van der Waals surface area contributed by atoms with Crippen LogP contribution in [-0.4, -0.2) is 41.2 Å². The van der Waals surface area contributed by atoms with Crippen molar-refractivity contribution in [3.8, 4) is 5.88 Å². The molecule has 2 saturated carbocycles. The van der Waals surface area contributed by atoms with Gasteiger partial charge in [0.2, 0.25) is 5.88 Å². The van der Waals surface area contributed by atoms with Crippen LogP contribution in [0.15, 0.2) is 18.3 Å². The fraction of sp³-hybridized carbons (Fsp3) is 0.579. The minimum atomic E-state index is -0.949. The van der Waals surface area contributed by atoms with Crippen molar-refractivity contribution < 1.29 is 24.1 Å². The largest absolute Gasteiger partial charge is 0.478 e. The Balaban J connectivity index is 1.49. The Morgan fingerprint density at radius 1 is 1.24 bits per heavy atom. The van der Waals surface area contributed by atoms with Gasteiger partial charge >= 0.3 is 5.97 Å². The smallest absolute Gasteiger partial charge is 0.328 e. The predicted molar refractivity (Wildman–Crippen MR) is 90.4 cm³/mol. The Bertz CT molecular complexity index is 666. The number of pyridine rings is 1. The topological polar surface area (TPSA) is 77.9 Å². The number of hydrogen-bond donors (Lipinski definition) is 1. The van der Waals surface area contributed by atoms with Crippen LogP contribution < -0.4 is 4.74 Å². The normalized spacial score (nSPS) is 23.4. The van der Waals surface area contributed by atoms with E-state index in [1.54, 1.807) is 12.3 Å². The summed E-state index contributed by atoms with van der Waals surface area (Å²) in [5, 5.41) is 8.89. The SMILES string of the molecule is O=C(O)C=Cc1ccnc(OC2CCC3(CC2)OCCO3)c1C1CC1. The van der Waals surface area contributed by atoms with Gasteiger partial charge in [0.1, 0.15) is 6.10 Å². The third-order valence-corrected chi connectivity index (χ3v) is 5.16. The van der Waals surface area contributed by atoms with E-state index < -0.39 is 11.8 Å². The maximum atomic E-state index is 10.8. The maximum absolute atomic E-state index is 10.8. The molecule has 1 aliphatic heterocycles. The number of carbonyl (C=O) groups is 1. The molecule has 0 aromatic carbocycles. The van der Waals surface area contributed by atoms with Crippen LogP contribution in [0.3, 0.4) is 0 Å². The van der Waals surface area contributed by atoms with E-state index in [1.807, 2.05) is 6.07 Å². The van der Waals surface area contributed by atoms with Crippen molar-refractivity contribution in [2.45, 2.75) is 56.3 Å². The first kappa shape index (κ1) is 16.5. The van der Waals surface area contributed by atoms with Crippen LogP contribution in [0.5, 0.6) is 5.88 Å². The van der Waals surface area contributed by atoms with Crippen LogP contribution in [0.2, 0.25) is 0 Å². The number of hydrogen-bond acceptors (Lipinski definition) is 5. The number of ether oxygens (including phenoxy) is 3. The van der Waals surface area contributed by atoms with Crippen LogP contribution in [0.25, 0.3) is 6.08 Å². The Hall–Kier alpha value is -1.92. The summed E-state index contributed by atoms with van der Waals surface area (Å²) in [6.07, 6.45) is 10.2. The number of rotatable bonds is 5. The zero-order chi connectivity index (χ0) is 17.3. The van der Waals surface area contributed by atoms with E-state index in [9.17, 15) is 4.79 Å². The lowest BCUT2D eigenvalue weighted by Gasteiger charge is -2.35. The standard InChI is InChI=1S/C19H23NO5/c21-16(22)4-3-14-7-10-20-18(17(14)13-1-2-13)25-15-5-8-19(9-6-15)23-11-12-24-19/h3-4,7,10,13,15H,1-2,5-6,8-9,11-12H2,(H,21,22). The molecule has 3 aliphatic rings. The van der Waals surface area contributed by atoms with Crippen LogP contribution in [0.4, 0.5) is 0 Å². The van der Waals surface area contributed by atoms with Gasteiger partial charge in [-0.3, -0.25) is 0 Å². The highest BCUT2D eigenvalue weighted by Gasteiger charge is 2.41. The summed E-state index contributed by atoms with van der Waals surface area (Å²) in [6.45, 7) is 1.35. The summed E-state index contributed by atoms with van der Waals surface area (Å²) in [6, 6.07) is 1.86. The molecule has 6 nitrogen and oxygen atoms in total. The van der Waals surface area contributed by atoms with Crippen molar-refractivity contribution in [1.29, 1.82) is 0 Å². The molecule has 1 N–H and O–H groups in total. The van der Waals surface area contributed by atoms with Gasteiger partial charge in [0.15, 0.2) is 5.79 Å². The van der Waals surface area contributed by atoms with Crippen molar-refractivity contribution in [2.24, 2.45) is 0 Å². The Labute approximate surface area is 146 Å². The quantitative estimate of drug-likeness (QED) is 0.826. The second-order valence-electron chi connectivity index (χ2n) is 6.99. The molecule has 1 saturated heterocycles. The first-order valence-corrected chi connectivity index (χ1v) is 9.00. The molecule has 6 heteroatoms. The highest BCUT2D eigenvalue weighted by atomic mass is 16.7. The number of aromatic nitrogens is 1. The minimum absolute atomic E-state index is 0.0992. The molecule has 2 aliphatic carbocycles. The van der Waals surface area contributed by atoms with Gasteiger partial charge in [0, 0.05) is 30.7 Å². The molecule has 25 heavy (non-hydrogen) atoms. The lowest BCUT2D eigenvalue weighted by atomic mass is 9.91. The third kappa shape index (κ3) is 3.70. The number of carboxylic acids is 1. The monoisotopic (exact) mass is 345 g/mol. The number of aliphatic carboxylic acids is 1. The fourth-order valence-electron chi connectivity index (χ4n) is 3.74. The highest BCUT2D eigenvalue weighted by molar-refractivity contribution is 5.85. The van der Waals surface area contributed by atoms with E-state index in [2.05, 4.69) is 4.98 Å². The second-order valence-corrected chi connectivity index (χ2v) is 6.99. The molecule has 1 spiro atoms. The molecule has 0 bridgehead atoms. The molecular weight excluding hydrogens is 322 g/mol. The van der Waals surface area contributed by atoms with Gasteiger partial charge in [-0.2, -0.15) is 0 Å². The molecular formula is C19H23NO5. The molecule has 0 radical (unpaired) electrons. The average molecular weight is 345 g/mol. The molecule has 134 valence electrons. The van der Waals surface area contributed by atoms with E-state index in [4.69, 9.17) is 19.3 Å². The van der Waals surface area contributed by atoms with Gasteiger partial charge < -0.3 is 19.3 Å². The first-order valence-electron chi connectivity index (χ1n) is 9.00. The van der Waals surface area contributed by atoms with E-state index in [1.165, 1.54) is 6.08 Å². The summed E-state index contributed by atoms with van der Waals surface area (Å²) in [4.78, 5) is 15.3. The summed E-state index contributed by atoms with van der Waals surface area (Å²) in [5.74, 6) is -0.258. The Kier molecular flexibility index (Phi) is 4.48. The zero-order valence-corrected chi connectivity index (χ0v) is 14.1. The van der Waals surface area contributed by atoms with Gasteiger partial charge in [0.05, 0.1) is 13.2 Å². The molecule has 0 amide bonds. The minimum Gasteiger partial charge on any atom is -0.478 e. The van der Waals surface area contributed by atoms with Crippen LogP contribution in [-0.2, 0) is 14.3 Å². The summed E-state index contributed by atoms with van der Waals surface area (Å²) < 4.78 is 17.8. The molecule has 1 aromatic heterocycles. The molecule has 3 fully saturated rings. The van der Waals surface area contributed by atoms with Gasteiger partial charge in [-0.05, 0) is 49.3 Å². The van der Waals surface area contributed by atoms with Crippen molar-refractivity contribution in [3.63, 3.8) is 0 Å². The highest BCUT2D eigenvalue weighted by Crippen LogP contribution is 2.46. The second kappa shape index (κ2) is 6.77. The van der Waals surface area contributed by atoms with E-state index in [-0.39, 0.29) is 6.10 Å². The van der Waals surface area contributed by atoms with Crippen molar-refractivity contribution >= 4 is 12.0 Å². The van der Waals surface area contributed by atoms with Gasteiger partial charge in [-0.1, -0.05) is 0 Å². The lowest BCUT2D eigenvalue weighted by molar-refractivity contribution is -0.186. The van der Waals surface area contributed by atoms with Crippen LogP contribution in [0, 0.1) is 0 Å². The Morgan fingerprint density at radius 3 is 2.60 bits per heavy atom. The third-order valence-electron chi connectivity index (χ3n) is 5.16. The van der Waals surface area contributed by atoms with E-state index >= 15 is 0 Å². The predicted octanol–water partition coefficient (Wildman–Crippen LogP) is 3.12. The fourth-order valence-corrected chi connectivity index (χ4v) is 3.74. The van der Waals surface area contributed by atoms with Crippen LogP contribution >= 0.6 is 0 Å². The Morgan fingerprint density at radius 2 is 1.96 bits per heavy atom. The van der Waals surface area contributed by atoms with Crippen molar-refractivity contribution in [1.82, 2.24) is 4.98 Å². The zero-order valence-electron chi connectivity index (χ0n) is 14.1. The van der Waals surface area contributed by atoms with Crippen molar-refractivity contribution in [2.75, 3.05) is 13.2 Å².